The van der Waals surface area contributed by atoms with Gasteiger partial charge in [-0.05, 0) is 67.5 Å². The normalized spacial score (nSPS) is 24.8. The number of hydrogen-bond donors (Lipinski definition) is 1. The van der Waals surface area contributed by atoms with E-state index in [1.807, 2.05) is 0 Å². The number of imide groups is 1. The molecule has 0 saturated carbocycles. The highest BCUT2D eigenvalue weighted by Gasteiger charge is 2.57. The highest BCUT2D eigenvalue weighted by molar-refractivity contribution is 6.32. The number of anilines is 1. The summed E-state index contributed by atoms with van der Waals surface area (Å²) in [6, 6.07) is 10.6. The summed E-state index contributed by atoms with van der Waals surface area (Å²) in [5, 5.41) is 21.4. The molecule has 5 rings (SSSR count). The van der Waals surface area contributed by atoms with Crippen LogP contribution >= 0.6 is 11.6 Å². The molecule has 2 amide bonds. The predicted molar refractivity (Wildman–Crippen MR) is 148 cm³/mol. The topological polar surface area (TPSA) is 110 Å². The quantitative estimate of drug-likeness (QED) is 0.175. The molecule has 0 spiro atoms. The first-order valence-electron chi connectivity index (χ1n) is 13.4. The number of rotatable bonds is 8. The summed E-state index contributed by atoms with van der Waals surface area (Å²) in [5.41, 5.74) is 4.46. The molecule has 2 aromatic carbocycles. The summed E-state index contributed by atoms with van der Waals surface area (Å²) in [7, 11) is 0. The minimum absolute atomic E-state index is 0.124. The van der Waals surface area contributed by atoms with Crippen molar-refractivity contribution in [3.05, 3.63) is 79.9 Å². The lowest BCUT2D eigenvalue weighted by Crippen LogP contribution is -2.34. The fraction of sp³-hybridized carbons (Fsp3) is 0.400. The molecule has 3 aliphatic rings. The van der Waals surface area contributed by atoms with Gasteiger partial charge in [-0.15, -0.1) is 0 Å². The number of nitro benzene ring substituents is 1. The number of ether oxygens (including phenoxy) is 1. The molecule has 2 aliphatic heterocycles. The molecule has 1 N–H and O–H groups in total. The molecule has 0 bridgehead atoms. The molecule has 0 unspecified atom stereocenters. The highest BCUT2D eigenvalue weighted by atomic mass is 35.5. The smallest absolute Gasteiger partial charge is 0.271 e. The van der Waals surface area contributed by atoms with Gasteiger partial charge in [0.2, 0.25) is 11.8 Å². The SMILES string of the molecule is CCC1=C2[C@@H](CC/C(=C/c3ccc(O)cc3Cl)CC)OC[C@@H]2[C@@H]2C(=O)N(c3cccc([N+](=O)[O-])c3)C(=O)[C@@H]2C1. The Balaban J connectivity index is 1.37. The van der Waals surface area contributed by atoms with Crippen LogP contribution in [-0.2, 0) is 14.3 Å². The second kappa shape index (κ2) is 10.9. The van der Waals surface area contributed by atoms with Crippen molar-refractivity contribution in [3.8, 4) is 5.75 Å². The minimum Gasteiger partial charge on any atom is -0.508 e. The molecule has 2 fully saturated rings. The van der Waals surface area contributed by atoms with Gasteiger partial charge in [0.25, 0.3) is 5.69 Å². The second-order valence-corrected chi connectivity index (χ2v) is 10.8. The average Bonchev–Trinajstić information content (AvgIpc) is 3.45. The van der Waals surface area contributed by atoms with Crippen molar-refractivity contribution in [1.82, 2.24) is 0 Å². The number of carbonyl (C=O) groups excluding carboxylic acids is 2. The Morgan fingerprint density at radius 2 is 1.97 bits per heavy atom. The number of phenolic OH excluding ortho intramolecular Hbond substituents is 1. The summed E-state index contributed by atoms with van der Waals surface area (Å²) >= 11 is 6.31. The maximum absolute atomic E-state index is 13.7. The highest BCUT2D eigenvalue weighted by Crippen LogP contribution is 2.51. The number of amides is 2. The molecule has 9 heteroatoms. The summed E-state index contributed by atoms with van der Waals surface area (Å²) in [6.07, 6.45) is 5.56. The fourth-order valence-corrected chi connectivity index (χ4v) is 6.56. The van der Waals surface area contributed by atoms with Crippen LogP contribution in [0.5, 0.6) is 5.75 Å². The van der Waals surface area contributed by atoms with Crippen LogP contribution in [-0.4, -0.2) is 34.6 Å². The summed E-state index contributed by atoms with van der Waals surface area (Å²) in [6.45, 7) is 4.53. The number of phenols is 1. The average molecular weight is 551 g/mol. The number of benzene rings is 2. The molecular weight excluding hydrogens is 520 g/mol. The third-order valence-corrected chi connectivity index (χ3v) is 8.59. The number of allylic oxidation sites excluding steroid dienone is 2. The van der Waals surface area contributed by atoms with Crippen molar-refractivity contribution >= 4 is 40.9 Å². The van der Waals surface area contributed by atoms with Crippen LogP contribution in [0.1, 0.15) is 51.5 Å². The third kappa shape index (κ3) is 4.99. The number of nitro groups is 1. The zero-order valence-corrected chi connectivity index (χ0v) is 22.7. The van der Waals surface area contributed by atoms with E-state index in [2.05, 4.69) is 19.9 Å². The molecule has 2 saturated heterocycles. The van der Waals surface area contributed by atoms with Gasteiger partial charge in [0.1, 0.15) is 5.75 Å². The largest absolute Gasteiger partial charge is 0.508 e. The maximum Gasteiger partial charge on any atom is 0.271 e. The van der Waals surface area contributed by atoms with Crippen molar-refractivity contribution in [2.24, 2.45) is 17.8 Å². The van der Waals surface area contributed by atoms with E-state index in [1.54, 1.807) is 18.2 Å². The van der Waals surface area contributed by atoms with Gasteiger partial charge in [-0.3, -0.25) is 19.7 Å². The third-order valence-electron chi connectivity index (χ3n) is 8.26. The Hall–Kier alpha value is -3.49. The van der Waals surface area contributed by atoms with E-state index in [-0.39, 0.29) is 41.0 Å². The monoisotopic (exact) mass is 550 g/mol. The van der Waals surface area contributed by atoms with Gasteiger partial charge in [-0.1, -0.05) is 48.7 Å². The molecule has 0 radical (unpaired) electrons. The molecule has 39 heavy (non-hydrogen) atoms. The standard InChI is InChI=1S/C30H31ClN2O6/c1-3-17(12-19-9-10-22(34)15-25(19)31)8-11-26-27-18(4-2)13-23-28(24(27)16-39-26)30(36)32(29(23)35)20-6-5-7-21(14-20)33(37)38/h5-7,9-10,12,14-15,23-24,26,28,34H,3-4,8,11,13,16H2,1-2H3/b17-12+/t23-,24+,26-,28-/m1/s1. The molecule has 2 aromatic rings. The zero-order chi connectivity index (χ0) is 27.8. The van der Waals surface area contributed by atoms with Crippen LogP contribution in [0.3, 0.4) is 0 Å². The summed E-state index contributed by atoms with van der Waals surface area (Å²) in [4.78, 5) is 39.0. The molecule has 204 valence electrons. The van der Waals surface area contributed by atoms with E-state index in [9.17, 15) is 24.8 Å². The van der Waals surface area contributed by atoms with E-state index in [1.165, 1.54) is 35.4 Å². The van der Waals surface area contributed by atoms with E-state index < -0.39 is 16.8 Å². The number of aromatic hydroxyl groups is 1. The second-order valence-electron chi connectivity index (χ2n) is 10.4. The van der Waals surface area contributed by atoms with Gasteiger partial charge in [-0.2, -0.15) is 0 Å². The number of carbonyl (C=O) groups is 2. The van der Waals surface area contributed by atoms with Gasteiger partial charge < -0.3 is 9.84 Å². The van der Waals surface area contributed by atoms with Gasteiger partial charge in [0, 0.05) is 18.1 Å². The first-order chi connectivity index (χ1) is 18.7. The molecule has 1 aliphatic carbocycles. The number of fused-ring (bicyclic) bond motifs is 3. The van der Waals surface area contributed by atoms with Gasteiger partial charge in [-0.25, -0.2) is 4.90 Å². The Labute approximate surface area is 232 Å². The molecule has 8 nitrogen and oxygen atoms in total. The van der Waals surface area contributed by atoms with Crippen molar-refractivity contribution in [2.45, 2.75) is 52.1 Å². The van der Waals surface area contributed by atoms with E-state index in [0.29, 0.717) is 18.1 Å². The number of non-ortho nitro benzene ring substituents is 1. The number of nitrogens with zero attached hydrogens (tertiary/aromatic N) is 2. The van der Waals surface area contributed by atoms with E-state index >= 15 is 0 Å². The Kier molecular flexibility index (Phi) is 7.60. The van der Waals surface area contributed by atoms with Crippen molar-refractivity contribution in [3.63, 3.8) is 0 Å². The van der Waals surface area contributed by atoms with Crippen LogP contribution in [0.4, 0.5) is 11.4 Å². The predicted octanol–water partition coefficient (Wildman–Crippen LogP) is 6.46. The van der Waals surface area contributed by atoms with Gasteiger partial charge in [0.15, 0.2) is 0 Å². The first kappa shape index (κ1) is 27.1. The Morgan fingerprint density at radius 1 is 1.18 bits per heavy atom. The van der Waals surface area contributed by atoms with E-state index in [0.717, 1.165) is 41.7 Å². The minimum atomic E-state index is -0.527. The van der Waals surface area contributed by atoms with Crippen LogP contribution in [0.2, 0.25) is 5.02 Å². The Morgan fingerprint density at radius 3 is 2.67 bits per heavy atom. The maximum atomic E-state index is 13.7. The lowest BCUT2D eigenvalue weighted by atomic mass is 9.69. The van der Waals surface area contributed by atoms with Crippen LogP contribution in [0.15, 0.2) is 59.2 Å². The molecule has 2 heterocycles. The summed E-state index contributed by atoms with van der Waals surface area (Å²) in [5.74, 6) is -1.65. The fourth-order valence-electron chi connectivity index (χ4n) is 6.33. The molecular formula is C30H31ClN2O6. The number of hydrogen-bond acceptors (Lipinski definition) is 6. The van der Waals surface area contributed by atoms with Gasteiger partial charge >= 0.3 is 0 Å². The van der Waals surface area contributed by atoms with Crippen LogP contribution in [0, 0.1) is 27.9 Å². The number of halogens is 1. The Bertz CT molecular complexity index is 1400. The first-order valence-corrected chi connectivity index (χ1v) is 13.7. The zero-order valence-electron chi connectivity index (χ0n) is 21.9. The van der Waals surface area contributed by atoms with E-state index in [4.69, 9.17) is 16.3 Å². The lowest BCUT2D eigenvalue weighted by molar-refractivity contribution is -0.384. The van der Waals surface area contributed by atoms with Crippen LogP contribution < -0.4 is 4.90 Å². The lowest BCUT2D eigenvalue weighted by Gasteiger charge is -2.31. The van der Waals surface area contributed by atoms with Crippen LogP contribution in [0.25, 0.3) is 6.08 Å². The van der Waals surface area contributed by atoms with Crippen molar-refractivity contribution in [2.75, 3.05) is 11.5 Å². The van der Waals surface area contributed by atoms with Crippen molar-refractivity contribution < 1.29 is 24.4 Å². The van der Waals surface area contributed by atoms with Crippen molar-refractivity contribution in [1.29, 1.82) is 0 Å². The summed E-state index contributed by atoms with van der Waals surface area (Å²) < 4.78 is 6.28. The molecule has 4 atom stereocenters. The molecule has 0 aromatic heterocycles. The van der Waals surface area contributed by atoms with Gasteiger partial charge in [0.05, 0.1) is 40.2 Å².